The zero-order valence-corrected chi connectivity index (χ0v) is 11.6. The average molecular weight is 299 g/mol. The van der Waals surface area contributed by atoms with Crippen molar-refractivity contribution in [2.24, 2.45) is 0 Å². The number of nitrogens with zero attached hydrogens (tertiary/aromatic N) is 2. The minimum absolute atomic E-state index is 0.271. The van der Waals surface area contributed by atoms with Crippen LogP contribution in [0.5, 0.6) is 0 Å². The highest BCUT2D eigenvalue weighted by atomic mass is 35.5. The topological polar surface area (TPSA) is 70.7 Å². The number of hydrogen-bond donors (Lipinski definition) is 2. The molecule has 0 aliphatic heterocycles. The Hall–Kier alpha value is -2.66. The van der Waals surface area contributed by atoms with E-state index in [9.17, 15) is 4.79 Å². The molecule has 104 valence electrons. The molecule has 0 radical (unpaired) electrons. The molecule has 0 unspecified atom stereocenters. The number of hydrogen-bond acceptors (Lipinski definition) is 3. The maximum Gasteiger partial charge on any atom is 0.260 e. The third-order valence-electron chi connectivity index (χ3n) is 2.92. The van der Waals surface area contributed by atoms with E-state index in [-0.39, 0.29) is 5.91 Å². The Morgan fingerprint density at radius 3 is 2.67 bits per heavy atom. The Morgan fingerprint density at radius 2 is 1.95 bits per heavy atom. The molecule has 0 aliphatic carbocycles. The quantitative estimate of drug-likeness (QED) is 0.778. The van der Waals surface area contributed by atoms with Crippen LogP contribution in [-0.4, -0.2) is 21.1 Å². The summed E-state index contributed by atoms with van der Waals surface area (Å²) in [6.45, 7) is 0. The molecule has 0 aliphatic rings. The highest BCUT2D eigenvalue weighted by Gasteiger charge is 2.15. The molecule has 6 heteroatoms. The van der Waals surface area contributed by atoms with Crippen LogP contribution in [0, 0.1) is 0 Å². The van der Waals surface area contributed by atoms with Gasteiger partial charge in [0.25, 0.3) is 5.91 Å². The second-order valence-electron chi connectivity index (χ2n) is 4.33. The van der Waals surface area contributed by atoms with E-state index in [1.54, 1.807) is 36.5 Å². The summed E-state index contributed by atoms with van der Waals surface area (Å²) in [6.07, 6.45) is 3.10. The number of halogens is 1. The van der Waals surface area contributed by atoms with Gasteiger partial charge in [-0.3, -0.25) is 9.89 Å². The van der Waals surface area contributed by atoms with E-state index in [2.05, 4.69) is 20.5 Å². The number of aromatic amines is 1. The molecular weight excluding hydrogens is 288 g/mol. The van der Waals surface area contributed by atoms with E-state index in [0.717, 1.165) is 5.56 Å². The Labute approximate surface area is 126 Å². The van der Waals surface area contributed by atoms with Crippen LogP contribution in [0.2, 0.25) is 5.02 Å². The van der Waals surface area contributed by atoms with E-state index in [1.807, 2.05) is 12.1 Å². The van der Waals surface area contributed by atoms with Crippen molar-refractivity contribution in [2.45, 2.75) is 0 Å². The van der Waals surface area contributed by atoms with Gasteiger partial charge in [0.15, 0.2) is 0 Å². The number of pyridine rings is 1. The summed E-state index contributed by atoms with van der Waals surface area (Å²) >= 11 is 5.87. The number of rotatable bonds is 3. The van der Waals surface area contributed by atoms with E-state index >= 15 is 0 Å². The lowest BCUT2D eigenvalue weighted by molar-refractivity contribution is 0.102. The molecule has 0 atom stereocenters. The standard InChI is InChI=1S/C15H11ClN4O/c16-11-6-4-10(5-7-11)14-12(9-18-20-14)15(21)19-13-3-1-2-8-17-13/h1-9H,(H,18,20)(H,17,19,21). The molecular formula is C15H11ClN4O. The monoisotopic (exact) mass is 298 g/mol. The molecule has 0 fully saturated rings. The van der Waals surface area contributed by atoms with Gasteiger partial charge in [-0.2, -0.15) is 5.10 Å². The van der Waals surface area contributed by atoms with Gasteiger partial charge in [-0.15, -0.1) is 0 Å². The summed E-state index contributed by atoms with van der Waals surface area (Å²) in [5.74, 6) is 0.221. The normalized spacial score (nSPS) is 10.3. The van der Waals surface area contributed by atoms with Crippen molar-refractivity contribution in [1.29, 1.82) is 0 Å². The summed E-state index contributed by atoms with van der Waals surface area (Å²) in [5, 5.41) is 10.1. The summed E-state index contributed by atoms with van der Waals surface area (Å²) in [5.41, 5.74) is 1.92. The van der Waals surface area contributed by atoms with Gasteiger partial charge >= 0.3 is 0 Å². The molecule has 2 heterocycles. The fourth-order valence-electron chi connectivity index (χ4n) is 1.92. The molecule has 2 N–H and O–H groups in total. The molecule has 0 saturated carbocycles. The van der Waals surface area contributed by atoms with Crippen LogP contribution in [-0.2, 0) is 0 Å². The zero-order valence-electron chi connectivity index (χ0n) is 10.9. The summed E-state index contributed by atoms with van der Waals surface area (Å²) in [7, 11) is 0. The van der Waals surface area contributed by atoms with Crippen LogP contribution in [0.3, 0.4) is 0 Å². The van der Waals surface area contributed by atoms with Gasteiger partial charge in [-0.05, 0) is 24.3 Å². The maximum absolute atomic E-state index is 12.3. The summed E-state index contributed by atoms with van der Waals surface area (Å²) in [6, 6.07) is 12.5. The molecule has 0 spiro atoms. The molecule has 3 aromatic rings. The van der Waals surface area contributed by atoms with E-state index in [0.29, 0.717) is 22.1 Å². The highest BCUT2D eigenvalue weighted by Crippen LogP contribution is 2.23. The van der Waals surface area contributed by atoms with Gasteiger partial charge in [0.2, 0.25) is 0 Å². The molecule has 5 nitrogen and oxygen atoms in total. The lowest BCUT2D eigenvalue weighted by atomic mass is 10.1. The molecule has 0 saturated heterocycles. The second kappa shape index (κ2) is 5.76. The van der Waals surface area contributed by atoms with Crippen molar-refractivity contribution in [2.75, 3.05) is 5.32 Å². The van der Waals surface area contributed by atoms with Gasteiger partial charge in [-0.1, -0.05) is 29.8 Å². The summed E-state index contributed by atoms with van der Waals surface area (Å²) in [4.78, 5) is 16.4. The third-order valence-corrected chi connectivity index (χ3v) is 3.18. The van der Waals surface area contributed by atoms with Crippen molar-refractivity contribution in [3.63, 3.8) is 0 Å². The first-order valence-electron chi connectivity index (χ1n) is 6.26. The second-order valence-corrected chi connectivity index (χ2v) is 4.77. The predicted molar refractivity (Wildman–Crippen MR) is 81.2 cm³/mol. The minimum atomic E-state index is -0.271. The fraction of sp³-hybridized carbons (Fsp3) is 0. The van der Waals surface area contributed by atoms with Gasteiger partial charge in [0, 0.05) is 16.8 Å². The van der Waals surface area contributed by atoms with Gasteiger partial charge < -0.3 is 5.32 Å². The number of aromatic nitrogens is 3. The van der Waals surface area contributed by atoms with Crippen LogP contribution in [0.15, 0.2) is 54.9 Å². The first-order chi connectivity index (χ1) is 10.2. The molecule has 0 bridgehead atoms. The predicted octanol–water partition coefficient (Wildman–Crippen LogP) is 3.38. The van der Waals surface area contributed by atoms with E-state index < -0.39 is 0 Å². The van der Waals surface area contributed by atoms with Gasteiger partial charge in [0.05, 0.1) is 17.5 Å². The van der Waals surface area contributed by atoms with Crippen molar-refractivity contribution >= 4 is 23.3 Å². The number of anilines is 1. The first kappa shape index (κ1) is 13.3. The SMILES string of the molecule is O=C(Nc1ccccn1)c1cn[nH]c1-c1ccc(Cl)cc1. The van der Waals surface area contributed by atoms with Gasteiger partial charge in [0.1, 0.15) is 5.82 Å². The lowest BCUT2D eigenvalue weighted by Crippen LogP contribution is -2.13. The number of benzene rings is 1. The maximum atomic E-state index is 12.3. The Kier molecular flexibility index (Phi) is 3.66. The minimum Gasteiger partial charge on any atom is -0.306 e. The van der Waals surface area contributed by atoms with Crippen LogP contribution >= 0.6 is 11.6 Å². The van der Waals surface area contributed by atoms with E-state index in [1.165, 1.54) is 6.20 Å². The van der Waals surface area contributed by atoms with Crippen molar-refractivity contribution in [1.82, 2.24) is 15.2 Å². The molecule has 3 rings (SSSR count). The molecule has 21 heavy (non-hydrogen) atoms. The van der Waals surface area contributed by atoms with Crippen molar-refractivity contribution < 1.29 is 4.79 Å². The van der Waals surface area contributed by atoms with Crippen LogP contribution in [0.4, 0.5) is 5.82 Å². The number of carbonyl (C=O) groups is 1. The van der Waals surface area contributed by atoms with Crippen molar-refractivity contribution in [3.8, 4) is 11.3 Å². The zero-order chi connectivity index (χ0) is 14.7. The Bertz CT molecular complexity index is 753. The van der Waals surface area contributed by atoms with Gasteiger partial charge in [-0.25, -0.2) is 4.98 Å². The molecule has 1 aromatic carbocycles. The van der Waals surface area contributed by atoms with Crippen LogP contribution in [0.25, 0.3) is 11.3 Å². The number of carbonyl (C=O) groups excluding carboxylic acids is 1. The Morgan fingerprint density at radius 1 is 1.14 bits per heavy atom. The number of nitrogens with one attached hydrogen (secondary N) is 2. The Balaban J connectivity index is 1.88. The van der Waals surface area contributed by atoms with Crippen molar-refractivity contribution in [3.05, 3.63) is 65.4 Å². The highest BCUT2D eigenvalue weighted by molar-refractivity contribution is 6.30. The van der Waals surface area contributed by atoms with Crippen LogP contribution in [0.1, 0.15) is 10.4 Å². The largest absolute Gasteiger partial charge is 0.306 e. The summed E-state index contributed by atoms with van der Waals surface area (Å²) < 4.78 is 0. The molecule has 1 amide bonds. The smallest absolute Gasteiger partial charge is 0.260 e. The van der Waals surface area contributed by atoms with Crippen LogP contribution < -0.4 is 5.32 Å². The molecule has 2 aromatic heterocycles. The third kappa shape index (κ3) is 2.93. The lowest BCUT2D eigenvalue weighted by Gasteiger charge is -2.05. The fourth-order valence-corrected chi connectivity index (χ4v) is 2.04. The average Bonchev–Trinajstić information content (AvgIpc) is 2.98. The number of H-pyrrole nitrogens is 1. The first-order valence-corrected chi connectivity index (χ1v) is 6.63. The number of amides is 1. The van der Waals surface area contributed by atoms with E-state index in [4.69, 9.17) is 11.6 Å².